The number of hydrogen-bond donors (Lipinski definition) is 0. The minimum atomic E-state index is -0.740. The lowest BCUT2D eigenvalue weighted by atomic mass is 10.1. The van der Waals surface area contributed by atoms with Crippen molar-refractivity contribution in [2.75, 3.05) is 20.3 Å². The van der Waals surface area contributed by atoms with Gasteiger partial charge in [0.15, 0.2) is 5.57 Å². The molecular formula is C16H18O6. The molecule has 6 heteroatoms. The average Bonchev–Trinajstić information content (AvgIpc) is 2.90. The molecule has 1 aliphatic rings. The molecule has 1 aromatic carbocycles. The van der Waals surface area contributed by atoms with Gasteiger partial charge in [-0.3, -0.25) is 0 Å². The fourth-order valence-corrected chi connectivity index (χ4v) is 2.12. The third kappa shape index (κ3) is 3.21. The molecule has 0 aliphatic carbocycles. The van der Waals surface area contributed by atoms with Crippen molar-refractivity contribution in [3.05, 3.63) is 35.1 Å². The molecule has 0 saturated heterocycles. The van der Waals surface area contributed by atoms with Crippen molar-refractivity contribution in [1.29, 1.82) is 0 Å². The maximum Gasteiger partial charge on any atom is 0.349 e. The predicted molar refractivity (Wildman–Crippen MR) is 77.6 cm³/mol. The van der Waals surface area contributed by atoms with E-state index in [1.807, 2.05) is 0 Å². The lowest BCUT2D eigenvalue weighted by Gasteiger charge is -2.09. The first-order chi connectivity index (χ1) is 10.6. The molecule has 0 fully saturated rings. The van der Waals surface area contributed by atoms with Gasteiger partial charge < -0.3 is 18.9 Å². The molecule has 0 aromatic heterocycles. The molecule has 0 N–H and O–H groups in total. The second-order valence-corrected chi connectivity index (χ2v) is 4.49. The van der Waals surface area contributed by atoms with Crippen molar-refractivity contribution < 1.29 is 28.5 Å². The van der Waals surface area contributed by atoms with Crippen LogP contribution in [0.2, 0.25) is 0 Å². The summed E-state index contributed by atoms with van der Waals surface area (Å²) in [5, 5.41) is 0. The highest BCUT2D eigenvalue weighted by atomic mass is 16.6. The van der Waals surface area contributed by atoms with E-state index >= 15 is 0 Å². The summed E-state index contributed by atoms with van der Waals surface area (Å²) in [7, 11) is 1.57. The van der Waals surface area contributed by atoms with Gasteiger partial charge in [-0.25, -0.2) is 9.59 Å². The summed E-state index contributed by atoms with van der Waals surface area (Å²) in [5.41, 5.74) is 0.638. The summed E-state index contributed by atoms with van der Waals surface area (Å²) in [5.74, 6) is 0.0194. The second-order valence-electron chi connectivity index (χ2n) is 4.49. The Balaban J connectivity index is 2.36. The van der Waals surface area contributed by atoms with Gasteiger partial charge in [0.25, 0.3) is 0 Å². The van der Waals surface area contributed by atoms with Crippen LogP contribution in [-0.4, -0.2) is 32.3 Å². The van der Waals surface area contributed by atoms with Gasteiger partial charge in [0.2, 0.25) is 0 Å². The summed E-state index contributed by atoms with van der Waals surface area (Å²) in [6.45, 7) is 3.66. The van der Waals surface area contributed by atoms with Crippen molar-refractivity contribution in [2.24, 2.45) is 0 Å². The topological polar surface area (TPSA) is 71.1 Å². The Bertz CT molecular complexity index is 597. The Kier molecular flexibility index (Phi) is 5.04. The normalized spacial score (nSPS) is 12.2. The minimum absolute atomic E-state index is 0.162. The maximum absolute atomic E-state index is 12.0. The molecule has 0 bridgehead atoms. The van der Waals surface area contributed by atoms with Gasteiger partial charge in [-0.2, -0.15) is 0 Å². The quantitative estimate of drug-likeness (QED) is 0.359. The number of hydrogen-bond acceptors (Lipinski definition) is 6. The van der Waals surface area contributed by atoms with Crippen LogP contribution >= 0.6 is 0 Å². The number of carbonyl (C=O) groups excluding carboxylic acids is 2. The number of carbonyl (C=O) groups is 2. The number of fused-ring (bicyclic) bond motifs is 1. The molecule has 2 rings (SSSR count). The Morgan fingerprint density at radius 1 is 1.14 bits per heavy atom. The van der Waals surface area contributed by atoms with Gasteiger partial charge in [0, 0.05) is 12.0 Å². The highest BCUT2D eigenvalue weighted by Gasteiger charge is 2.31. The summed E-state index contributed by atoms with van der Waals surface area (Å²) in [6, 6.07) is 5.28. The first kappa shape index (κ1) is 15.9. The van der Waals surface area contributed by atoms with E-state index in [2.05, 4.69) is 0 Å². The monoisotopic (exact) mass is 306 g/mol. The van der Waals surface area contributed by atoms with Gasteiger partial charge in [0.05, 0.1) is 20.3 Å². The predicted octanol–water partition coefficient (Wildman–Crippen LogP) is 2.01. The van der Waals surface area contributed by atoms with Gasteiger partial charge in [-0.05, 0) is 32.0 Å². The maximum atomic E-state index is 12.0. The van der Waals surface area contributed by atoms with Gasteiger partial charge >= 0.3 is 11.9 Å². The second kappa shape index (κ2) is 6.98. The largest absolute Gasteiger partial charge is 0.497 e. The number of ether oxygens (including phenoxy) is 4. The number of methoxy groups -OCH3 is 1. The molecule has 0 radical (unpaired) electrons. The van der Waals surface area contributed by atoms with Crippen LogP contribution < -0.4 is 9.47 Å². The fourth-order valence-electron chi connectivity index (χ4n) is 2.12. The van der Waals surface area contributed by atoms with E-state index in [1.165, 1.54) is 0 Å². The van der Waals surface area contributed by atoms with E-state index < -0.39 is 11.9 Å². The van der Waals surface area contributed by atoms with Crippen molar-refractivity contribution >= 4 is 11.9 Å². The molecule has 22 heavy (non-hydrogen) atoms. The van der Waals surface area contributed by atoms with E-state index in [0.717, 1.165) is 5.56 Å². The zero-order valence-corrected chi connectivity index (χ0v) is 12.8. The summed E-state index contributed by atoms with van der Waals surface area (Å²) >= 11 is 0. The van der Waals surface area contributed by atoms with Crippen LogP contribution in [0, 0.1) is 0 Å². The van der Waals surface area contributed by atoms with Gasteiger partial charge in [-0.15, -0.1) is 0 Å². The average molecular weight is 306 g/mol. The SMILES string of the molecule is CCOC(=O)C(C(=O)OCC)=C1Cc2cc(OC)ccc2O1. The van der Waals surface area contributed by atoms with E-state index in [9.17, 15) is 9.59 Å². The lowest BCUT2D eigenvalue weighted by molar-refractivity contribution is -0.146. The van der Waals surface area contributed by atoms with Crippen LogP contribution in [0.15, 0.2) is 29.5 Å². The summed E-state index contributed by atoms with van der Waals surface area (Å²) in [6.07, 6.45) is 0.305. The molecule has 0 atom stereocenters. The highest BCUT2D eigenvalue weighted by Crippen LogP contribution is 2.35. The first-order valence-corrected chi connectivity index (χ1v) is 7.02. The lowest BCUT2D eigenvalue weighted by Crippen LogP contribution is -2.21. The van der Waals surface area contributed by atoms with Crippen molar-refractivity contribution in [1.82, 2.24) is 0 Å². The molecule has 0 unspecified atom stereocenters. The number of rotatable bonds is 5. The Hall–Kier alpha value is -2.50. The Morgan fingerprint density at radius 3 is 2.32 bits per heavy atom. The van der Waals surface area contributed by atoms with Crippen molar-refractivity contribution in [3.63, 3.8) is 0 Å². The molecular weight excluding hydrogens is 288 g/mol. The van der Waals surface area contributed by atoms with Crippen LogP contribution in [0.1, 0.15) is 19.4 Å². The third-order valence-corrected chi connectivity index (χ3v) is 3.09. The number of esters is 2. The van der Waals surface area contributed by atoms with E-state index in [4.69, 9.17) is 18.9 Å². The number of benzene rings is 1. The van der Waals surface area contributed by atoms with Crippen LogP contribution in [0.5, 0.6) is 11.5 Å². The van der Waals surface area contributed by atoms with Crippen LogP contribution in [0.3, 0.4) is 0 Å². The first-order valence-electron chi connectivity index (χ1n) is 7.02. The zero-order chi connectivity index (χ0) is 16.1. The molecule has 0 spiro atoms. The Labute approximate surface area is 128 Å². The molecule has 6 nitrogen and oxygen atoms in total. The Morgan fingerprint density at radius 2 is 1.77 bits per heavy atom. The van der Waals surface area contributed by atoms with Gasteiger partial charge in [0.1, 0.15) is 17.3 Å². The van der Waals surface area contributed by atoms with E-state index in [-0.39, 0.29) is 24.5 Å². The number of allylic oxidation sites excluding steroid dienone is 1. The highest BCUT2D eigenvalue weighted by molar-refractivity contribution is 6.14. The van der Waals surface area contributed by atoms with E-state index in [0.29, 0.717) is 17.9 Å². The fraction of sp³-hybridized carbons (Fsp3) is 0.375. The molecule has 1 aliphatic heterocycles. The van der Waals surface area contributed by atoms with Gasteiger partial charge in [-0.1, -0.05) is 0 Å². The van der Waals surface area contributed by atoms with E-state index in [1.54, 1.807) is 39.2 Å². The van der Waals surface area contributed by atoms with Crippen LogP contribution in [-0.2, 0) is 25.5 Å². The molecule has 1 aromatic rings. The molecule has 0 amide bonds. The zero-order valence-electron chi connectivity index (χ0n) is 12.8. The summed E-state index contributed by atoms with van der Waals surface area (Å²) in [4.78, 5) is 24.1. The van der Waals surface area contributed by atoms with Crippen molar-refractivity contribution in [3.8, 4) is 11.5 Å². The standard InChI is InChI=1S/C16H18O6/c1-4-20-15(17)14(16(18)21-5-2)13-9-10-8-11(19-3)6-7-12(10)22-13/h6-8H,4-5,9H2,1-3H3. The summed E-state index contributed by atoms with van der Waals surface area (Å²) < 4.78 is 20.6. The molecule has 0 saturated carbocycles. The van der Waals surface area contributed by atoms with Crippen LogP contribution in [0.4, 0.5) is 0 Å². The van der Waals surface area contributed by atoms with Crippen molar-refractivity contribution in [2.45, 2.75) is 20.3 Å². The smallest absolute Gasteiger partial charge is 0.349 e. The van der Waals surface area contributed by atoms with Crippen LogP contribution in [0.25, 0.3) is 0 Å². The molecule has 1 heterocycles. The minimum Gasteiger partial charge on any atom is -0.497 e. The third-order valence-electron chi connectivity index (χ3n) is 3.09. The molecule has 118 valence electrons.